The third-order valence-electron chi connectivity index (χ3n) is 2.99. The molecule has 1 heterocycles. The maximum atomic E-state index is 5.87. The summed E-state index contributed by atoms with van der Waals surface area (Å²) in [6, 6.07) is 15.8. The van der Waals surface area contributed by atoms with Gasteiger partial charge in [-0.1, -0.05) is 63.6 Å². The van der Waals surface area contributed by atoms with Crippen molar-refractivity contribution in [1.29, 1.82) is 0 Å². The second-order valence-corrected chi connectivity index (χ2v) is 6.96. The zero-order chi connectivity index (χ0) is 15.4. The average molecular weight is 396 g/mol. The highest BCUT2D eigenvalue weighted by Crippen LogP contribution is 2.23. The number of halogens is 2. The van der Waals surface area contributed by atoms with E-state index in [1.165, 1.54) is 17.3 Å². The van der Waals surface area contributed by atoms with Gasteiger partial charge in [-0.3, -0.25) is 0 Å². The molecule has 1 aromatic heterocycles. The molecule has 3 rings (SSSR count). The first kappa shape index (κ1) is 15.6. The normalized spacial score (nSPS) is 10.8. The molecule has 0 aliphatic rings. The number of aromatic nitrogens is 2. The summed E-state index contributed by atoms with van der Waals surface area (Å²) in [6.45, 7) is 0. The van der Waals surface area contributed by atoms with Gasteiger partial charge in [-0.05, 0) is 35.4 Å². The third kappa shape index (κ3) is 4.35. The summed E-state index contributed by atoms with van der Waals surface area (Å²) >= 11 is 10.8. The molecule has 6 heteroatoms. The first-order chi connectivity index (χ1) is 10.7. The van der Waals surface area contributed by atoms with Gasteiger partial charge in [0.15, 0.2) is 0 Å². The Labute approximate surface area is 146 Å². The second kappa shape index (κ2) is 7.31. The zero-order valence-corrected chi connectivity index (χ0v) is 14.7. The van der Waals surface area contributed by atoms with E-state index in [0.717, 1.165) is 20.8 Å². The van der Waals surface area contributed by atoms with Crippen LogP contribution in [-0.2, 0) is 12.2 Å². The molecule has 0 saturated carbocycles. The smallest absolute Gasteiger partial charge is 0.276 e. The van der Waals surface area contributed by atoms with Gasteiger partial charge < -0.3 is 4.42 Å². The van der Waals surface area contributed by atoms with Crippen molar-refractivity contribution >= 4 is 39.3 Å². The van der Waals surface area contributed by atoms with Gasteiger partial charge in [0, 0.05) is 15.2 Å². The van der Waals surface area contributed by atoms with Crippen LogP contribution in [0, 0.1) is 0 Å². The standard InChI is InChI=1S/C16H12BrClN2OS/c17-13-5-1-12(2-6-13)10-22-16-20-19-15(21-16)9-11-3-7-14(18)8-4-11/h1-8H,9-10H2. The van der Waals surface area contributed by atoms with Crippen LogP contribution in [0.15, 0.2) is 62.6 Å². The van der Waals surface area contributed by atoms with Crippen molar-refractivity contribution in [3.05, 3.63) is 75.0 Å². The Hall–Kier alpha value is -1.30. The maximum Gasteiger partial charge on any atom is 0.276 e. The van der Waals surface area contributed by atoms with Crippen LogP contribution in [-0.4, -0.2) is 10.2 Å². The Morgan fingerprint density at radius 1 is 0.955 bits per heavy atom. The molecular formula is C16H12BrClN2OS. The molecule has 0 N–H and O–H groups in total. The number of benzene rings is 2. The highest BCUT2D eigenvalue weighted by atomic mass is 79.9. The van der Waals surface area contributed by atoms with Crippen molar-refractivity contribution in [2.45, 2.75) is 17.4 Å². The van der Waals surface area contributed by atoms with E-state index in [9.17, 15) is 0 Å². The van der Waals surface area contributed by atoms with Crippen LogP contribution in [0.4, 0.5) is 0 Å². The molecule has 0 saturated heterocycles. The molecule has 112 valence electrons. The third-order valence-corrected chi connectivity index (χ3v) is 4.66. The van der Waals surface area contributed by atoms with Crippen LogP contribution < -0.4 is 0 Å². The quantitative estimate of drug-likeness (QED) is 0.544. The van der Waals surface area contributed by atoms with E-state index in [1.807, 2.05) is 36.4 Å². The van der Waals surface area contributed by atoms with E-state index in [4.69, 9.17) is 16.0 Å². The number of hydrogen-bond acceptors (Lipinski definition) is 4. The summed E-state index contributed by atoms with van der Waals surface area (Å²) in [5.41, 5.74) is 2.31. The van der Waals surface area contributed by atoms with E-state index in [-0.39, 0.29) is 0 Å². The van der Waals surface area contributed by atoms with Crippen LogP contribution in [0.1, 0.15) is 17.0 Å². The van der Waals surface area contributed by atoms with Gasteiger partial charge in [-0.2, -0.15) is 0 Å². The molecule has 0 unspecified atom stereocenters. The molecule has 2 aromatic carbocycles. The molecule has 0 aliphatic heterocycles. The Bertz CT molecular complexity index is 744. The van der Waals surface area contributed by atoms with Crippen LogP contribution in [0.3, 0.4) is 0 Å². The fourth-order valence-corrected chi connectivity index (χ4v) is 3.00. The monoisotopic (exact) mass is 394 g/mol. The lowest BCUT2D eigenvalue weighted by atomic mass is 10.1. The Kier molecular flexibility index (Phi) is 5.18. The fourth-order valence-electron chi connectivity index (χ4n) is 1.87. The van der Waals surface area contributed by atoms with Gasteiger partial charge in [0.25, 0.3) is 5.22 Å². The SMILES string of the molecule is Clc1ccc(Cc2nnc(SCc3ccc(Br)cc3)o2)cc1. The van der Waals surface area contributed by atoms with Crippen molar-refractivity contribution in [3.63, 3.8) is 0 Å². The molecule has 0 spiro atoms. The molecule has 0 radical (unpaired) electrons. The van der Waals surface area contributed by atoms with Crippen molar-refractivity contribution < 1.29 is 4.42 Å². The van der Waals surface area contributed by atoms with E-state index >= 15 is 0 Å². The van der Waals surface area contributed by atoms with E-state index in [0.29, 0.717) is 17.5 Å². The minimum Gasteiger partial charge on any atom is -0.416 e. The van der Waals surface area contributed by atoms with Crippen LogP contribution in [0.25, 0.3) is 0 Å². The predicted octanol–water partition coefficient (Wildman–Crippen LogP) is 5.37. The van der Waals surface area contributed by atoms with Crippen molar-refractivity contribution in [3.8, 4) is 0 Å². The molecule has 0 atom stereocenters. The van der Waals surface area contributed by atoms with Crippen molar-refractivity contribution in [2.24, 2.45) is 0 Å². The molecular weight excluding hydrogens is 384 g/mol. The van der Waals surface area contributed by atoms with E-state index < -0.39 is 0 Å². The second-order valence-electron chi connectivity index (χ2n) is 4.68. The summed E-state index contributed by atoms with van der Waals surface area (Å²) in [5.74, 6) is 1.41. The Morgan fingerprint density at radius 3 is 2.36 bits per heavy atom. The first-order valence-electron chi connectivity index (χ1n) is 6.63. The van der Waals surface area contributed by atoms with Crippen LogP contribution in [0.2, 0.25) is 5.02 Å². The molecule has 3 aromatic rings. The summed E-state index contributed by atoms with van der Waals surface area (Å²) in [6.07, 6.45) is 0.614. The van der Waals surface area contributed by atoms with Gasteiger partial charge >= 0.3 is 0 Å². The van der Waals surface area contributed by atoms with Gasteiger partial charge in [-0.15, -0.1) is 10.2 Å². The minimum absolute atomic E-state index is 0.590. The number of nitrogens with zero attached hydrogens (tertiary/aromatic N) is 2. The first-order valence-corrected chi connectivity index (χ1v) is 8.79. The predicted molar refractivity (Wildman–Crippen MR) is 92.3 cm³/mol. The van der Waals surface area contributed by atoms with Crippen LogP contribution in [0.5, 0.6) is 0 Å². The minimum atomic E-state index is 0.590. The van der Waals surface area contributed by atoms with E-state index in [2.05, 4.69) is 38.3 Å². The largest absolute Gasteiger partial charge is 0.416 e. The highest BCUT2D eigenvalue weighted by Gasteiger charge is 2.08. The lowest BCUT2D eigenvalue weighted by Gasteiger charge is -1.98. The maximum absolute atomic E-state index is 5.87. The number of hydrogen-bond donors (Lipinski definition) is 0. The molecule has 22 heavy (non-hydrogen) atoms. The summed E-state index contributed by atoms with van der Waals surface area (Å²) in [7, 11) is 0. The summed E-state index contributed by atoms with van der Waals surface area (Å²) in [4.78, 5) is 0. The number of rotatable bonds is 5. The summed E-state index contributed by atoms with van der Waals surface area (Å²) in [5, 5.41) is 9.47. The molecule has 3 nitrogen and oxygen atoms in total. The van der Waals surface area contributed by atoms with Gasteiger partial charge in [-0.25, -0.2) is 0 Å². The van der Waals surface area contributed by atoms with Crippen LogP contribution >= 0.6 is 39.3 Å². The molecule has 0 amide bonds. The molecule has 0 fully saturated rings. The lowest BCUT2D eigenvalue weighted by molar-refractivity contribution is 0.420. The fraction of sp³-hybridized carbons (Fsp3) is 0.125. The van der Waals surface area contributed by atoms with Crippen molar-refractivity contribution in [2.75, 3.05) is 0 Å². The molecule has 0 aliphatic carbocycles. The van der Waals surface area contributed by atoms with Crippen molar-refractivity contribution in [1.82, 2.24) is 10.2 Å². The van der Waals surface area contributed by atoms with Gasteiger partial charge in [0.1, 0.15) is 0 Å². The Morgan fingerprint density at radius 2 is 1.64 bits per heavy atom. The van der Waals surface area contributed by atoms with Gasteiger partial charge in [0.2, 0.25) is 5.89 Å². The van der Waals surface area contributed by atoms with Gasteiger partial charge in [0.05, 0.1) is 6.42 Å². The van der Waals surface area contributed by atoms with E-state index in [1.54, 1.807) is 0 Å². The topological polar surface area (TPSA) is 38.9 Å². The highest BCUT2D eigenvalue weighted by molar-refractivity contribution is 9.10. The Balaban J connectivity index is 1.59. The lowest BCUT2D eigenvalue weighted by Crippen LogP contribution is -1.87. The summed E-state index contributed by atoms with van der Waals surface area (Å²) < 4.78 is 6.74. The zero-order valence-electron chi connectivity index (χ0n) is 11.5. The number of thioether (sulfide) groups is 1. The average Bonchev–Trinajstić information content (AvgIpc) is 2.97. The molecule has 0 bridgehead atoms.